The van der Waals surface area contributed by atoms with Gasteiger partial charge in [-0.25, -0.2) is 13.1 Å². The number of aliphatic hydroxyl groups is 2. The van der Waals surface area contributed by atoms with Gasteiger partial charge in [0.25, 0.3) is 0 Å². The summed E-state index contributed by atoms with van der Waals surface area (Å²) in [5, 5.41) is 18.2. The summed E-state index contributed by atoms with van der Waals surface area (Å²) in [6.45, 7) is -0.636. The molecule has 3 N–H and O–H groups in total. The van der Waals surface area contributed by atoms with Crippen LogP contribution in [0.25, 0.3) is 11.3 Å². The van der Waals surface area contributed by atoms with Gasteiger partial charge in [0, 0.05) is 28.5 Å². The molecule has 2 aliphatic rings. The lowest BCUT2D eigenvalue weighted by Crippen LogP contribution is -2.33. The highest BCUT2D eigenvalue weighted by Gasteiger charge is 2.51. The maximum Gasteiger partial charge on any atom is 0.240 e. The minimum absolute atomic E-state index is 0. The van der Waals surface area contributed by atoms with Gasteiger partial charge in [0.1, 0.15) is 5.78 Å². The van der Waals surface area contributed by atoms with Crippen molar-refractivity contribution in [3.05, 3.63) is 71.9 Å². The Morgan fingerprint density at radius 2 is 1.83 bits per heavy atom. The predicted molar refractivity (Wildman–Crippen MR) is 136 cm³/mol. The van der Waals surface area contributed by atoms with E-state index < -0.39 is 28.1 Å². The summed E-state index contributed by atoms with van der Waals surface area (Å²) in [7, 11) is -3.83. The van der Waals surface area contributed by atoms with Crippen LogP contribution in [0.15, 0.2) is 65.6 Å². The normalized spacial score (nSPS) is 16.5. The highest BCUT2D eigenvalue weighted by atomic mass is 32.2. The van der Waals surface area contributed by atoms with E-state index in [-0.39, 0.29) is 34.7 Å². The van der Waals surface area contributed by atoms with E-state index in [1.807, 2.05) is 30.3 Å². The van der Waals surface area contributed by atoms with Gasteiger partial charge in [-0.05, 0) is 54.8 Å². The zero-order chi connectivity index (χ0) is 25.3. The van der Waals surface area contributed by atoms with Gasteiger partial charge in [0.05, 0.1) is 28.7 Å². The molecule has 0 unspecified atom stereocenters. The molecular weight excluding hydrogens is 484 g/mol. The van der Waals surface area contributed by atoms with Crippen molar-refractivity contribution in [2.24, 2.45) is 0 Å². The van der Waals surface area contributed by atoms with Gasteiger partial charge in [-0.2, -0.15) is 0 Å². The smallest absolute Gasteiger partial charge is 0.240 e. The first kappa shape index (κ1) is 24.4. The first-order chi connectivity index (χ1) is 17.3. The molecule has 36 heavy (non-hydrogen) atoms. The Hall–Kier alpha value is -3.31. The minimum atomic E-state index is -3.83. The monoisotopic (exact) mass is 516 g/mol. The maximum absolute atomic E-state index is 13.3. The zero-order valence-electron chi connectivity index (χ0n) is 19.4. The molecule has 2 aromatic carbocycles. The van der Waals surface area contributed by atoms with Crippen molar-refractivity contribution < 1.29 is 37.2 Å². The number of sulfonamides is 1. The zero-order valence-corrected chi connectivity index (χ0v) is 20.2. The van der Waals surface area contributed by atoms with Gasteiger partial charge < -0.3 is 19.7 Å². The van der Waals surface area contributed by atoms with E-state index >= 15 is 0 Å². The second-order valence-electron chi connectivity index (χ2n) is 8.98. The van der Waals surface area contributed by atoms with Crippen molar-refractivity contribution in [2.75, 3.05) is 19.9 Å². The molecule has 0 amide bonds. The number of aliphatic hydroxyl groups excluding tert-OH is 2. The Balaban J connectivity index is 0.00000178. The third-order valence-electron chi connectivity index (χ3n) is 6.54. The number of carbonyl (C=O) groups excluding carboxylic acids is 1. The molecule has 0 radical (unpaired) electrons. The van der Waals surface area contributed by atoms with Crippen LogP contribution in [0.2, 0.25) is 0 Å². The van der Waals surface area contributed by atoms with Crippen LogP contribution >= 0.6 is 0 Å². The number of fused-ring (bicyclic) bond motifs is 1. The summed E-state index contributed by atoms with van der Waals surface area (Å²) in [5.74, 6) is 1.45. The second kappa shape index (κ2) is 9.62. The number of aromatic nitrogens is 1. The number of nitrogens with zero attached hydrogens (tertiary/aromatic N) is 1. The fraction of sp³-hybridized carbons (Fsp3) is 0.308. The van der Waals surface area contributed by atoms with Crippen molar-refractivity contribution in [3.63, 3.8) is 0 Å². The Kier molecular flexibility index (Phi) is 6.52. The largest absolute Gasteiger partial charge is 0.454 e. The third-order valence-corrected chi connectivity index (χ3v) is 7.98. The van der Waals surface area contributed by atoms with Crippen LogP contribution in [0.3, 0.4) is 0 Å². The first-order valence-corrected chi connectivity index (χ1v) is 13.1. The number of pyridine rings is 1. The molecule has 10 heteroatoms. The van der Waals surface area contributed by atoms with Crippen LogP contribution in [-0.4, -0.2) is 55.4 Å². The number of benzene rings is 2. The van der Waals surface area contributed by atoms with Crippen LogP contribution < -0.4 is 14.2 Å². The predicted octanol–water partition coefficient (Wildman–Crippen LogP) is 2.69. The number of rotatable bonds is 10. The summed E-state index contributed by atoms with van der Waals surface area (Å²) in [5.41, 5.74) is 2.38. The quantitative estimate of drug-likeness (QED) is 0.374. The topological polar surface area (TPSA) is 135 Å². The van der Waals surface area contributed by atoms with E-state index in [2.05, 4.69) is 9.71 Å². The van der Waals surface area contributed by atoms with E-state index in [4.69, 9.17) is 14.6 Å². The van der Waals surface area contributed by atoms with E-state index in [9.17, 15) is 18.3 Å². The third kappa shape index (κ3) is 4.85. The van der Waals surface area contributed by atoms with Crippen molar-refractivity contribution in [2.45, 2.75) is 35.7 Å². The van der Waals surface area contributed by atoms with E-state index in [1.54, 1.807) is 18.2 Å². The summed E-state index contributed by atoms with van der Waals surface area (Å²) < 4.78 is 37.9. The lowest BCUT2D eigenvalue weighted by Gasteiger charge is -2.15. The van der Waals surface area contributed by atoms with Gasteiger partial charge in [-0.1, -0.05) is 24.3 Å². The summed E-state index contributed by atoms with van der Waals surface area (Å²) in [4.78, 5) is 18.0. The van der Waals surface area contributed by atoms with Crippen molar-refractivity contribution in [1.82, 2.24) is 9.71 Å². The molecule has 194 valence electrons. The molecule has 5 rings (SSSR count). The van der Waals surface area contributed by atoms with Crippen LogP contribution in [0, 0.1) is 0 Å². The maximum atomic E-state index is 13.3. The minimum Gasteiger partial charge on any atom is -0.454 e. The van der Waals surface area contributed by atoms with E-state index in [0.717, 1.165) is 18.4 Å². The average Bonchev–Trinajstić information content (AvgIpc) is 3.58. The van der Waals surface area contributed by atoms with Gasteiger partial charge >= 0.3 is 0 Å². The number of carbonyl (C=O) groups is 1. The van der Waals surface area contributed by atoms with Crippen molar-refractivity contribution >= 4 is 15.8 Å². The van der Waals surface area contributed by atoms with Crippen LogP contribution in [-0.2, 0) is 26.7 Å². The molecular formula is C26H32N2O7S. The van der Waals surface area contributed by atoms with Crippen LogP contribution in [0.1, 0.15) is 28.4 Å². The number of hydrogen-bond acceptors (Lipinski definition) is 8. The first-order valence-electron chi connectivity index (χ1n) is 11.6. The molecule has 1 saturated carbocycles. The Labute approximate surface area is 213 Å². The standard InChI is InChI=1S/C26H26N2O7S.3H2/c29-15-20(30)14-27-36(32,33)21-7-4-17(5-8-21)22-3-1-2-19(28-22)13-25(31)26(10-11-26)18-6-9-23-24(12-18)35-16-34-23;;;/h1-9,12,20,27,29-30H,10-11,13-16H2;3*1H/t20-;;;/m1.../s1. The summed E-state index contributed by atoms with van der Waals surface area (Å²) >= 11 is 0. The molecule has 0 saturated heterocycles. The van der Waals surface area contributed by atoms with Gasteiger partial charge in [0.2, 0.25) is 16.8 Å². The molecule has 1 aliphatic heterocycles. The van der Waals surface area contributed by atoms with Crippen LogP contribution in [0.4, 0.5) is 0 Å². The molecule has 1 aromatic heterocycles. The highest BCUT2D eigenvalue weighted by Crippen LogP contribution is 2.51. The lowest BCUT2D eigenvalue weighted by molar-refractivity contribution is -0.120. The van der Waals surface area contributed by atoms with Crippen LogP contribution in [0.5, 0.6) is 11.5 Å². The Morgan fingerprint density at radius 1 is 1.08 bits per heavy atom. The fourth-order valence-corrected chi connectivity index (χ4v) is 5.35. The average molecular weight is 517 g/mol. The number of ketones is 1. The lowest BCUT2D eigenvalue weighted by atomic mass is 9.88. The summed E-state index contributed by atoms with van der Waals surface area (Å²) in [6.07, 6.45) is 0.578. The Bertz CT molecular complexity index is 1400. The fourth-order valence-electron chi connectivity index (χ4n) is 4.28. The summed E-state index contributed by atoms with van der Waals surface area (Å²) in [6, 6.07) is 17.3. The second-order valence-corrected chi connectivity index (χ2v) is 10.7. The number of hydrogen-bond donors (Lipinski definition) is 3. The molecule has 0 spiro atoms. The van der Waals surface area contributed by atoms with E-state index in [0.29, 0.717) is 28.5 Å². The van der Waals surface area contributed by atoms with Gasteiger partial charge in [0.15, 0.2) is 11.5 Å². The molecule has 9 nitrogen and oxygen atoms in total. The Morgan fingerprint density at radius 3 is 2.56 bits per heavy atom. The SMILES string of the molecule is O=C(Cc1cccc(-c2ccc(S(=O)(=O)NC[C@@H](O)CO)cc2)n1)C1(c2ccc3c(c2)OCO3)CC1.[HH].[HH].[HH]. The number of nitrogens with one attached hydrogen (secondary N) is 1. The number of Topliss-reactive ketones (excluding diaryl/α,β-unsaturated/α-hetero) is 1. The molecule has 2 heterocycles. The highest BCUT2D eigenvalue weighted by molar-refractivity contribution is 7.89. The van der Waals surface area contributed by atoms with Crippen molar-refractivity contribution in [3.8, 4) is 22.8 Å². The molecule has 3 aromatic rings. The van der Waals surface area contributed by atoms with E-state index in [1.165, 1.54) is 12.1 Å². The number of ether oxygens (including phenoxy) is 2. The molecule has 1 aliphatic carbocycles. The molecule has 1 fully saturated rings. The van der Waals surface area contributed by atoms with Gasteiger partial charge in [-0.15, -0.1) is 0 Å². The molecule has 0 bridgehead atoms. The van der Waals surface area contributed by atoms with Gasteiger partial charge in [-0.3, -0.25) is 9.78 Å². The molecule has 1 atom stereocenters. The van der Waals surface area contributed by atoms with Crippen molar-refractivity contribution in [1.29, 1.82) is 0 Å².